The molecule has 0 bridgehead atoms. The highest BCUT2D eigenvalue weighted by atomic mass is 35.5. The molecule has 0 spiro atoms. The second-order valence-electron chi connectivity index (χ2n) is 8.10. The van der Waals surface area contributed by atoms with Crippen LogP contribution < -0.4 is 5.32 Å². The Kier molecular flexibility index (Phi) is 8.55. The summed E-state index contributed by atoms with van der Waals surface area (Å²) in [6, 6.07) is 12.4. The number of nitrogens with one attached hydrogen (secondary N) is 1. The van der Waals surface area contributed by atoms with Crippen LogP contribution in [-0.4, -0.2) is 27.0 Å². The molecule has 1 aromatic heterocycles. The van der Waals surface area contributed by atoms with Crippen molar-refractivity contribution < 1.29 is 14.7 Å². The molecular formula is C27H28ClN3O3. The van der Waals surface area contributed by atoms with E-state index in [4.69, 9.17) is 26.7 Å². The molecule has 176 valence electrons. The van der Waals surface area contributed by atoms with E-state index in [-0.39, 0.29) is 18.4 Å². The molecule has 0 saturated carbocycles. The number of aryl methyl sites for hydroxylation is 1. The molecule has 0 fully saturated rings. The van der Waals surface area contributed by atoms with Crippen LogP contribution in [0.15, 0.2) is 61.2 Å². The molecule has 34 heavy (non-hydrogen) atoms. The first kappa shape index (κ1) is 25.1. The van der Waals surface area contributed by atoms with Gasteiger partial charge in [0, 0.05) is 17.0 Å². The average molecular weight is 478 g/mol. The van der Waals surface area contributed by atoms with E-state index < -0.39 is 5.97 Å². The number of unbranched alkanes of at least 4 members (excludes halogenated alkanes) is 1. The number of aromatic nitrogens is 2. The molecule has 0 aliphatic carbocycles. The third-order valence-electron chi connectivity index (χ3n) is 5.44. The minimum atomic E-state index is -0.813. The number of carbonyl (C=O) groups excluding carboxylic acids is 1. The van der Waals surface area contributed by atoms with E-state index in [0.29, 0.717) is 46.6 Å². The van der Waals surface area contributed by atoms with Crippen molar-refractivity contribution in [1.82, 2.24) is 15.3 Å². The van der Waals surface area contributed by atoms with Crippen molar-refractivity contribution in [2.45, 2.75) is 45.6 Å². The van der Waals surface area contributed by atoms with E-state index in [1.807, 2.05) is 38.1 Å². The highest BCUT2D eigenvalue weighted by Crippen LogP contribution is 2.23. The zero-order valence-corrected chi connectivity index (χ0v) is 20.1. The van der Waals surface area contributed by atoms with Gasteiger partial charge in [-0.2, -0.15) is 0 Å². The lowest BCUT2D eigenvalue weighted by Gasteiger charge is -2.15. The van der Waals surface area contributed by atoms with Crippen molar-refractivity contribution >= 4 is 40.1 Å². The third-order valence-corrected chi connectivity index (χ3v) is 5.69. The van der Waals surface area contributed by atoms with Crippen LogP contribution in [0.3, 0.4) is 0 Å². The number of nitrogens with zero attached hydrogens (tertiary/aromatic N) is 2. The van der Waals surface area contributed by atoms with Crippen molar-refractivity contribution in [1.29, 1.82) is 0 Å². The summed E-state index contributed by atoms with van der Waals surface area (Å²) in [6.45, 7) is 7.91. The number of halogens is 1. The average Bonchev–Trinajstić information content (AvgIpc) is 2.81. The number of hydrogen-bond acceptors (Lipinski definition) is 4. The van der Waals surface area contributed by atoms with Gasteiger partial charge in [0.15, 0.2) is 0 Å². The van der Waals surface area contributed by atoms with Gasteiger partial charge in [-0.15, -0.1) is 0 Å². The molecule has 2 N–H and O–H groups in total. The van der Waals surface area contributed by atoms with Crippen LogP contribution in [0, 0.1) is 0 Å². The van der Waals surface area contributed by atoms with Gasteiger partial charge in [0.1, 0.15) is 0 Å². The van der Waals surface area contributed by atoms with Crippen LogP contribution in [0.5, 0.6) is 0 Å². The summed E-state index contributed by atoms with van der Waals surface area (Å²) < 4.78 is 0. The monoisotopic (exact) mass is 477 g/mol. The standard InChI is InChI=1S/C27H28ClN3O3/c1-4-7-17(2)26-23(8-5-6-9-25(32)33)30-24-16-20(12-15-22(24)31-26)27(34)29-18(3)19-10-13-21(28)14-11-19/h4,7,10-16,18H,2,5-6,8-9H2,1,3H3,(H,29,34)(H,32,33). The van der Waals surface area contributed by atoms with Gasteiger partial charge in [-0.05, 0) is 74.6 Å². The second kappa shape index (κ2) is 11.6. The van der Waals surface area contributed by atoms with Gasteiger partial charge in [0.2, 0.25) is 0 Å². The molecule has 0 saturated heterocycles. The van der Waals surface area contributed by atoms with Gasteiger partial charge >= 0.3 is 5.97 Å². The zero-order valence-electron chi connectivity index (χ0n) is 19.3. The number of amides is 1. The van der Waals surface area contributed by atoms with E-state index >= 15 is 0 Å². The number of carboxylic acids is 1. The predicted molar refractivity (Wildman–Crippen MR) is 136 cm³/mol. The number of hydrogen-bond donors (Lipinski definition) is 2. The summed E-state index contributed by atoms with van der Waals surface area (Å²) in [6.07, 6.45) is 5.67. The minimum Gasteiger partial charge on any atom is -0.481 e. The molecule has 7 heteroatoms. The minimum absolute atomic E-state index is 0.113. The fourth-order valence-corrected chi connectivity index (χ4v) is 3.75. The molecule has 1 unspecified atom stereocenters. The Hall–Kier alpha value is -3.51. The van der Waals surface area contributed by atoms with E-state index in [1.165, 1.54) is 0 Å². The first-order chi connectivity index (χ1) is 16.3. The van der Waals surface area contributed by atoms with Crippen molar-refractivity contribution in [3.05, 3.63) is 88.7 Å². The highest BCUT2D eigenvalue weighted by molar-refractivity contribution is 6.30. The van der Waals surface area contributed by atoms with Crippen LogP contribution in [0.4, 0.5) is 0 Å². The zero-order chi connectivity index (χ0) is 24.7. The largest absolute Gasteiger partial charge is 0.481 e. The van der Waals surface area contributed by atoms with Gasteiger partial charge in [0.25, 0.3) is 5.91 Å². The lowest BCUT2D eigenvalue weighted by atomic mass is 10.0. The summed E-state index contributed by atoms with van der Waals surface area (Å²) in [7, 11) is 0. The molecule has 6 nitrogen and oxygen atoms in total. The van der Waals surface area contributed by atoms with Crippen molar-refractivity contribution in [2.75, 3.05) is 0 Å². The SMILES string of the molecule is C=C(C=CC)c1nc2ccc(C(=O)NC(C)c3ccc(Cl)cc3)cc2nc1CCCCC(=O)O. The van der Waals surface area contributed by atoms with Crippen LogP contribution in [0.2, 0.25) is 5.02 Å². The summed E-state index contributed by atoms with van der Waals surface area (Å²) in [5.74, 6) is -1.02. The Labute approximate surface area is 204 Å². The number of rotatable bonds is 10. The smallest absolute Gasteiger partial charge is 0.303 e. The fraction of sp³-hybridized carbons (Fsp3) is 0.259. The molecule has 1 amide bonds. The molecule has 2 aromatic carbocycles. The Morgan fingerprint density at radius 1 is 1.12 bits per heavy atom. The lowest BCUT2D eigenvalue weighted by molar-refractivity contribution is -0.137. The molecule has 1 atom stereocenters. The Bertz CT molecular complexity index is 1240. The molecule has 0 aliphatic rings. The first-order valence-electron chi connectivity index (χ1n) is 11.2. The lowest BCUT2D eigenvalue weighted by Crippen LogP contribution is -2.26. The molecule has 0 radical (unpaired) electrons. The number of carbonyl (C=O) groups is 2. The van der Waals surface area contributed by atoms with Crippen molar-refractivity contribution in [3.8, 4) is 0 Å². The highest BCUT2D eigenvalue weighted by Gasteiger charge is 2.15. The van der Waals surface area contributed by atoms with Crippen LogP contribution >= 0.6 is 11.6 Å². The molecule has 3 aromatic rings. The van der Waals surface area contributed by atoms with E-state index in [9.17, 15) is 9.59 Å². The summed E-state index contributed by atoms with van der Waals surface area (Å²) >= 11 is 5.95. The Morgan fingerprint density at radius 3 is 2.53 bits per heavy atom. The van der Waals surface area contributed by atoms with Gasteiger partial charge in [-0.1, -0.05) is 42.5 Å². The third kappa shape index (κ3) is 6.51. The van der Waals surface area contributed by atoms with Crippen LogP contribution in [-0.2, 0) is 11.2 Å². The van der Waals surface area contributed by atoms with Crippen LogP contribution in [0.25, 0.3) is 16.6 Å². The predicted octanol–water partition coefficient (Wildman–Crippen LogP) is 6.16. The van der Waals surface area contributed by atoms with E-state index in [1.54, 1.807) is 30.3 Å². The van der Waals surface area contributed by atoms with E-state index in [2.05, 4.69) is 11.9 Å². The number of benzene rings is 2. The normalized spacial score (nSPS) is 12.1. The summed E-state index contributed by atoms with van der Waals surface area (Å²) in [5, 5.41) is 12.5. The second-order valence-corrected chi connectivity index (χ2v) is 8.53. The summed E-state index contributed by atoms with van der Waals surface area (Å²) in [4.78, 5) is 33.3. The number of allylic oxidation sites excluding steroid dienone is 3. The maximum Gasteiger partial charge on any atom is 0.303 e. The quantitative estimate of drug-likeness (QED) is 0.269. The van der Waals surface area contributed by atoms with Gasteiger partial charge in [-0.3, -0.25) is 9.59 Å². The van der Waals surface area contributed by atoms with Crippen molar-refractivity contribution in [3.63, 3.8) is 0 Å². The topological polar surface area (TPSA) is 92.2 Å². The van der Waals surface area contributed by atoms with Crippen LogP contribution in [0.1, 0.15) is 66.5 Å². The Balaban J connectivity index is 1.86. The maximum absolute atomic E-state index is 12.9. The first-order valence-corrected chi connectivity index (χ1v) is 11.6. The molecule has 1 heterocycles. The van der Waals surface area contributed by atoms with Crippen molar-refractivity contribution in [2.24, 2.45) is 0 Å². The number of aliphatic carboxylic acids is 1. The van der Waals surface area contributed by atoms with Gasteiger partial charge < -0.3 is 10.4 Å². The molecular weight excluding hydrogens is 450 g/mol. The number of fused-ring (bicyclic) bond motifs is 1. The summed E-state index contributed by atoms with van der Waals surface area (Å²) in [5.41, 5.74) is 4.88. The molecule has 0 aliphatic heterocycles. The van der Waals surface area contributed by atoms with Gasteiger partial charge in [-0.25, -0.2) is 9.97 Å². The maximum atomic E-state index is 12.9. The molecule has 3 rings (SSSR count). The number of carboxylic acid groups (broad SMARTS) is 1. The van der Waals surface area contributed by atoms with Gasteiger partial charge in [0.05, 0.1) is 28.5 Å². The Morgan fingerprint density at radius 2 is 1.85 bits per heavy atom. The van der Waals surface area contributed by atoms with E-state index in [0.717, 1.165) is 16.8 Å². The fourth-order valence-electron chi connectivity index (χ4n) is 3.63.